The summed E-state index contributed by atoms with van der Waals surface area (Å²) in [7, 11) is 1.67. The molecule has 0 spiro atoms. The van der Waals surface area contributed by atoms with Gasteiger partial charge in [0.15, 0.2) is 5.82 Å². The van der Waals surface area contributed by atoms with Crippen LogP contribution in [-0.2, 0) is 17.7 Å². The van der Waals surface area contributed by atoms with Gasteiger partial charge in [-0.25, -0.2) is 4.63 Å². The van der Waals surface area contributed by atoms with Crippen molar-refractivity contribution >= 4 is 11.0 Å². The molecule has 132 valence electrons. The average molecular weight is 343 g/mol. The summed E-state index contributed by atoms with van der Waals surface area (Å²) < 4.78 is 15.4. The highest BCUT2D eigenvalue weighted by atomic mass is 16.6. The summed E-state index contributed by atoms with van der Waals surface area (Å²) in [4.78, 5) is 6.93. The third-order valence-electron chi connectivity index (χ3n) is 4.63. The second-order valence-electron chi connectivity index (χ2n) is 6.42. The van der Waals surface area contributed by atoms with E-state index in [4.69, 9.17) is 13.9 Å². The molecule has 1 atom stereocenters. The molecule has 1 aliphatic rings. The standard InChI is InChI=1S/C17H21N5O3/c1-23-9-7-15-18-17(24-20-15)13-5-3-8-22(11-13)10-12-4-2-6-14-16(12)21-25-19-14/h2,4,6,13H,3,5,7-11H2,1H3/t13-/m0/s1. The molecule has 4 rings (SSSR count). The molecule has 0 aliphatic carbocycles. The van der Waals surface area contributed by atoms with Gasteiger partial charge in [0.05, 0.1) is 12.5 Å². The number of piperidine rings is 1. The van der Waals surface area contributed by atoms with Crippen LogP contribution in [0.15, 0.2) is 27.4 Å². The Balaban J connectivity index is 1.44. The number of likely N-dealkylation sites (tertiary alicyclic amines) is 1. The SMILES string of the molecule is COCCc1noc([C@H]2CCCN(Cc3cccc4nonc34)C2)n1. The van der Waals surface area contributed by atoms with Crippen LogP contribution in [0.1, 0.15) is 36.0 Å². The van der Waals surface area contributed by atoms with Gasteiger partial charge < -0.3 is 9.26 Å². The van der Waals surface area contributed by atoms with Gasteiger partial charge in [0.2, 0.25) is 5.89 Å². The Labute approximate surface area is 145 Å². The number of hydrogen-bond acceptors (Lipinski definition) is 8. The molecule has 1 saturated heterocycles. The maximum absolute atomic E-state index is 5.48. The van der Waals surface area contributed by atoms with E-state index in [1.165, 1.54) is 0 Å². The van der Waals surface area contributed by atoms with Gasteiger partial charge in [-0.2, -0.15) is 4.98 Å². The van der Waals surface area contributed by atoms with Crippen LogP contribution in [0.25, 0.3) is 11.0 Å². The lowest BCUT2D eigenvalue weighted by Gasteiger charge is -2.30. The second-order valence-corrected chi connectivity index (χ2v) is 6.42. The van der Waals surface area contributed by atoms with Crippen LogP contribution in [0.4, 0.5) is 0 Å². The molecule has 1 fully saturated rings. The highest BCUT2D eigenvalue weighted by Gasteiger charge is 2.26. The van der Waals surface area contributed by atoms with Gasteiger partial charge in [-0.15, -0.1) is 0 Å². The predicted octanol–water partition coefficient (Wildman–Crippen LogP) is 2.17. The van der Waals surface area contributed by atoms with Crippen molar-refractivity contribution in [3.63, 3.8) is 0 Å². The van der Waals surface area contributed by atoms with Crippen LogP contribution in [0.3, 0.4) is 0 Å². The fourth-order valence-electron chi connectivity index (χ4n) is 3.36. The van der Waals surface area contributed by atoms with Crippen LogP contribution in [0.5, 0.6) is 0 Å². The molecule has 2 aromatic heterocycles. The van der Waals surface area contributed by atoms with Crippen molar-refractivity contribution in [3.8, 4) is 0 Å². The first-order chi connectivity index (χ1) is 12.3. The maximum Gasteiger partial charge on any atom is 0.231 e. The van der Waals surface area contributed by atoms with Crippen molar-refractivity contribution in [2.75, 3.05) is 26.8 Å². The number of rotatable bonds is 6. The van der Waals surface area contributed by atoms with E-state index in [1.54, 1.807) is 7.11 Å². The van der Waals surface area contributed by atoms with E-state index < -0.39 is 0 Å². The molecule has 3 heterocycles. The monoisotopic (exact) mass is 343 g/mol. The van der Waals surface area contributed by atoms with Crippen molar-refractivity contribution in [2.24, 2.45) is 0 Å². The zero-order valence-electron chi connectivity index (χ0n) is 14.2. The minimum atomic E-state index is 0.271. The number of nitrogens with zero attached hydrogens (tertiary/aromatic N) is 5. The quantitative estimate of drug-likeness (QED) is 0.672. The van der Waals surface area contributed by atoms with Gasteiger partial charge in [-0.3, -0.25) is 4.90 Å². The number of aromatic nitrogens is 4. The third kappa shape index (κ3) is 3.54. The molecule has 25 heavy (non-hydrogen) atoms. The van der Waals surface area contributed by atoms with Gasteiger partial charge in [-0.05, 0) is 41.3 Å². The molecule has 0 radical (unpaired) electrons. The zero-order valence-corrected chi connectivity index (χ0v) is 14.2. The van der Waals surface area contributed by atoms with Gasteiger partial charge in [0.25, 0.3) is 0 Å². The minimum absolute atomic E-state index is 0.271. The molecule has 0 unspecified atom stereocenters. The topological polar surface area (TPSA) is 90.3 Å². The fraction of sp³-hybridized carbons (Fsp3) is 0.529. The molecule has 3 aromatic rings. The molecule has 8 nitrogen and oxygen atoms in total. The lowest BCUT2D eigenvalue weighted by Crippen LogP contribution is -2.34. The maximum atomic E-state index is 5.48. The van der Waals surface area contributed by atoms with E-state index in [0.29, 0.717) is 18.9 Å². The van der Waals surface area contributed by atoms with Crippen LogP contribution < -0.4 is 0 Å². The van der Waals surface area contributed by atoms with Crippen molar-refractivity contribution in [1.29, 1.82) is 0 Å². The molecule has 1 aromatic carbocycles. The summed E-state index contributed by atoms with van der Waals surface area (Å²) in [5, 5.41) is 12.0. The molecule has 0 saturated carbocycles. The molecule has 8 heteroatoms. The minimum Gasteiger partial charge on any atom is -0.384 e. The molecule has 0 N–H and O–H groups in total. The van der Waals surface area contributed by atoms with E-state index in [0.717, 1.165) is 55.0 Å². The summed E-state index contributed by atoms with van der Waals surface area (Å²) in [6, 6.07) is 5.98. The van der Waals surface area contributed by atoms with Crippen LogP contribution in [-0.4, -0.2) is 52.2 Å². The van der Waals surface area contributed by atoms with Gasteiger partial charge in [-0.1, -0.05) is 17.3 Å². The van der Waals surface area contributed by atoms with E-state index in [-0.39, 0.29) is 5.92 Å². The summed E-state index contributed by atoms with van der Waals surface area (Å²) in [5.41, 5.74) is 2.76. The summed E-state index contributed by atoms with van der Waals surface area (Å²) in [6.45, 7) is 3.36. The Bertz CT molecular complexity index is 830. The van der Waals surface area contributed by atoms with Crippen LogP contribution >= 0.6 is 0 Å². The zero-order chi connectivity index (χ0) is 17.1. The number of benzene rings is 1. The van der Waals surface area contributed by atoms with E-state index in [2.05, 4.69) is 31.4 Å². The molecule has 0 amide bonds. The first kappa shape index (κ1) is 16.2. The largest absolute Gasteiger partial charge is 0.384 e. The predicted molar refractivity (Wildman–Crippen MR) is 88.9 cm³/mol. The van der Waals surface area contributed by atoms with Gasteiger partial charge >= 0.3 is 0 Å². The molecule has 1 aliphatic heterocycles. The number of methoxy groups -OCH3 is 1. The number of fused-ring (bicyclic) bond motifs is 1. The summed E-state index contributed by atoms with van der Waals surface area (Å²) >= 11 is 0. The van der Waals surface area contributed by atoms with E-state index in [9.17, 15) is 0 Å². The lowest BCUT2D eigenvalue weighted by atomic mass is 9.97. The first-order valence-corrected chi connectivity index (χ1v) is 8.57. The number of hydrogen-bond donors (Lipinski definition) is 0. The Hall–Kier alpha value is -2.32. The molecule has 0 bridgehead atoms. The Morgan fingerprint density at radius 2 is 2.24 bits per heavy atom. The molecular weight excluding hydrogens is 322 g/mol. The second kappa shape index (κ2) is 7.28. The van der Waals surface area contributed by atoms with Crippen molar-refractivity contribution in [3.05, 3.63) is 35.5 Å². The average Bonchev–Trinajstić information content (AvgIpc) is 3.30. The smallest absolute Gasteiger partial charge is 0.231 e. The molecular formula is C17H21N5O3. The van der Waals surface area contributed by atoms with Crippen molar-refractivity contribution in [2.45, 2.75) is 31.7 Å². The lowest BCUT2D eigenvalue weighted by molar-refractivity contribution is 0.180. The van der Waals surface area contributed by atoms with E-state index >= 15 is 0 Å². The summed E-state index contributed by atoms with van der Waals surface area (Å²) in [5.74, 6) is 1.72. The normalized spacial score (nSPS) is 18.8. The third-order valence-corrected chi connectivity index (χ3v) is 4.63. The highest BCUT2D eigenvalue weighted by Crippen LogP contribution is 2.27. The fourth-order valence-corrected chi connectivity index (χ4v) is 3.36. The summed E-state index contributed by atoms with van der Waals surface area (Å²) in [6.07, 6.45) is 2.85. The Morgan fingerprint density at radius 1 is 1.28 bits per heavy atom. The van der Waals surface area contributed by atoms with Gasteiger partial charge in [0.1, 0.15) is 11.0 Å². The Morgan fingerprint density at radius 3 is 3.16 bits per heavy atom. The first-order valence-electron chi connectivity index (χ1n) is 8.57. The van der Waals surface area contributed by atoms with Crippen LogP contribution in [0, 0.1) is 0 Å². The van der Waals surface area contributed by atoms with Crippen molar-refractivity contribution < 1.29 is 13.9 Å². The van der Waals surface area contributed by atoms with Gasteiger partial charge in [0, 0.05) is 26.6 Å². The van der Waals surface area contributed by atoms with Crippen molar-refractivity contribution in [1.82, 2.24) is 25.4 Å². The number of ether oxygens (including phenoxy) is 1. The van der Waals surface area contributed by atoms with Crippen LogP contribution in [0.2, 0.25) is 0 Å². The Kier molecular flexibility index (Phi) is 4.71. The highest BCUT2D eigenvalue weighted by molar-refractivity contribution is 5.76. The van der Waals surface area contributed by atoms with E-state index in [1.807, 2.05) is 12.1 Å².